The predicted octanol–water partition coefficient (Wildman–Crippen LogP) is 3.03. The lowest BCUT2D eigenvalue weighted by Crippen LogP contribution is -2.14. The summed E-state index contributed by atoms with van der Waals surface area (Å²) >= 11 is 0. The molecular formula is C16H22N2O. The third-order valence-electron chi connectivity index (χ3n) is 3.44. The molecule has 19 heavy (non-hydrogen) atoms. The largest absolute Gasteiger partial charge is 0.389 e. The van der Waals surface area contributed by atoms with Gasteiger partial charge in [-0.3, -0.25) is 0 Å². The molecule has 1 unspecified atom stereocenters. The Morgan fingerprint density at radius 1 is 0.895 bits per heavy atom. The maximum absolute atomic E-state index is 9.95. The van der Waals surface area contributed by atoms with E-state index in [9.17, 15) is 5.11 Å². The zero-order valence-electron chi connectivity index (χ0n) is 12.3. The Morgan fingerprint density at radius 3 is 2.00 bits per heavy atom. The average Bonchev–Trinajstić information content (AvgIpc) is 2.35. The Balaban J connectivity index is 2.89. The van der Waals surface area contributed by atoms with Crippen molar-refractivity contribution < 1.29 is 5.11 Å². The van der Waals surface area contributed by atoms with E-state index in [0.29, 0.717) is 0 Å². The van der Waals surface area contributed by atoms with E-state index < -0.39 is 6.10 Å². The monoisotopic (exact) mass is 258 g/mol. The smallest absolute Gasteiger partial charge is 0.0767 e. The van der Waals surface area contributed by atoms with Crippen LogP contribution < -0.4 is 9.80 Å². The highest BCUT2D eigenvalue weighted by molar-refractivity contribution is 6.05. The van der Waals surface area contributed by atoms with Crippen LogP contribution in [0, 0.1) is 0 Å². The number of nitrogens with zero attached hydrogens (tertiary/aromatic N) is 2. The molecule has 0 radical (unpaired) electrons. The maximum atomic E-state index is 9.95. The molecule has 0 aliphatic rings. The highest BCUT2D eigenvalue weighted by Gasteiger charge is 2.14. The molecule has 0 saturated carbocycles. The van der Waals surface area contributed by atoms with Crippen molar-refractivity contribution in [1.82, 2.24) is 0 Å². The molecule has 2 rings (SSSR count). The number of hydrogen-bond donors (Lipinski definition) is 1. The molecule has 3 nitrogen and oxygen atoms in total. The summed E-state index contributed by atoms with van der Waals surface area (Å²) in [5.41, 5.74) is 3.32. The van der Waals surface area contributed by atoms with Crippen LogP contribution in [0.2, 0.25) is 0 Å². The molecule has 2 aromatic carbocycles. The van der Waals surface area contributed by atoms with Crippen LogP contribution in [0.3, 0.4) is 0 Å². The van der Waals surface area contributed by atoms with Crippen LogP contribution in [0.5, 0.6) is 0 Å². The predicted molar refractivity (Wildman–Crippen MR) is 83.2 cm³/mol. The minimum absolute atomic E-state index is 0.462. The van der Waals surface area contributed by atoms with Gasteiger partial charge in [-0.1, -0.05) is 18.2 Å². The molecule has 0 aromatic heterocycles. The summed E-state index contributed by atoms with van der Waals surface area (Å²) in [5, 5.41) is 12.3. The van der Waals surface area contributed by atoms with Crippen LogP contribution in [-0.4, -0.2) is 33.3 Å². The van der Waals surface area contributed by atoms with Crippen LogP contribution in [0.4, 0.5) is 11.4 Å². The summed E-state index contributed by atoms with van der Waals surface area (Å²) in [7, 11) is 8.18. The number of anilines is 2. The second-order valence-corrected chi connectivity index (χ2v) is 5.34. The lowest BCUT2D eigenvalue weighted by Gasteiger charge is -2.23. The van der Waals surface area contributed by atoms with Gasteiger partial charge in [0.2, 0.25) is 0 Å². The minimum atomic E-state index is -0.462. The Bertz CT molecular complexity index is 574. The molecule has 0 heterocycles. The fraction of sp³-hybridized carbons (Fsp3) is 0.375. The summed E-state index contributed by atoms with van der Waals surface area (Å²) in [6.45, 7) is 1.81. The van der Waals surface area contributed by atoms with Gasteiger partial charge in [0.1, 0.15) is 0 Å². The first-order valence-electron chi connectivity index (χ1n) is 6.51. The lowest BCUT2D eigenvalue weighted by molar-refractivity contribution is 0.201. The van der Waals surface area contributed by atoms with Crippen LogP contribution in [0.15, 0.2) is 30.3 Å². The van der Waals surface area contributed by atoms with Gasteiger partial charge in [-0.05, 0) is 30.0 Å². The molecule has 1 atom stereocenters. The number of rotatable bonds is 3. The van der Waals surface area contributed by atoms with Crippen LogP contribution >= 0.6 is 0 Å². The first kappa shape index (κ1) is 13.7. The van der Waals surface area contributed by atoms with E-state index in [0.717, 1.165) is 10.9 Å². The number of aliphatic hydroxyl groups is 1. The Hall–Kier alpha value is -1.74. The van der Waals surface area contributed by atoms with Gasteiger partial charge < -0.3 is 14.9 Å². The molecule has 2 aromatic rings. The summed E-state index contributed by atoms with van der Waals surface area (Å²) in [4.78, 5) is 4.22. The molecule has 0 fully saturated rings. The van der Waals surface area contributed by atoms with E-state index >= 15 is 0 Å². The molecule has 0 aliphatic heterocycles. The third-order valence-corrected chi connectivity index (χ3v) is 3.44. The first-order chi connectivity index (χ1) is 8.93. The molecule has 0 saturated heterocycles. The summed E-state index contributed by atoms with van der Waals surface area (Å²) in [5.74, 6) is 0. The molecular weight excluding hydrogens is 236 g/mol. The number of hydrogen-bond acceptors (Lipinski definition) is 3. The zero-order valence-corrected chi connectivity index (χ0v) is 12.3. The van der Waals surface area contributed by atoms with Crippen molar-refractivity contribution in [2.45, 2.75) is 13.0 Å². The summed E-state index contributed by atoms with van der Waals surface area (Å²) < 4.78 is 0. The standard InChI is InChI=1S/C16H22N2O/c1-11(19)12-9-10-15(18(4)5)16-13(12)7-6-8-14(16)17(2)3/h6-11,19H,1-5H3. The lowest BCUT2D eigenvalue weighted by atomic mass is 9.97. The van der Waals surface area contributed by atoms with Gasteiger partial charge >= 0.3 is 0 Å². The van der Waals surface area contributed by atoms with E-state index in [2.05, 4.69) is 28.0 Å². The van der Waals surface area contributed by atoms with Crippen molar-refractivity contribution >= 4 is 22.1 Å². The van der Waals surface area contributed by atoms with Crippen molar-refractivity contribution in [3.8, 4) is 0 Å². The SMILES string of the molecule is CC(O)c1ccc(N(C)C)c2c(N(C)C)cccc12. The highest BCUT2D eigenvalue weighted by atomic mass is 16.3. The van der Waals surface area contributed by atoms with Gasteiger partial charge in [0, 0.05) is 45.0 Å². The number of aliphatic hydroxyl groups excluding tert-OH is 1. The van der Waals surface area contributed by atoms with Crippen LogP contribution in [-0.2, 0) is 0 Å². The van der Waals surface area contributed by atoms with Crippen molar-refractivity contribution in [2.75, 3.05) is 38.0 Å². The van der Waals surface area contributed by atoms with Crippen molar-refractivity contribution in [2.24, 2.45) is 0 Å². The zero-order chi connectivity index (χ0) is 14.2. The molecule has 3 heteroatoms. The topological polar surface area (TPSA) is 26.7 Å². The normalized spacial score (nSPS) is 12.5. The fourth-order valence-corrected chi connectivity index (χ4v) is 2.50. The van der Waals surface area contributed by atoms with Gasteiger partial charge in [0.25, 0.3) is 0 Å². The molecule has 0 spiro atoms. The van der Waals surface area contributed by atoms with Crippen LogP contribution in [0.1, 0.15) is 18.6 Å². The van der Waals surface area contributed by atoms with Crippen LogP contribution in [0.25, 0.3) is 10.8 Å². The maximum Gasteiger partial charge on any atom is 0.0767 e. The summed E-state index contributed by atoms with van der Waals surface area (Å²) in [6.07, 6.45) is -0.462. The molecule has 102 valence electrons. The van der Waals surface area contributed by atoms with Gasteiger partial charge in [0.05, 0.1) is 6.10 Å². The van der Waals surface area contributed by atoms with Crippen molar-refractivity contribution in [3.63, 3.8) is 0 Å². The van der Waals surface area contributed by atoms with Gasteiger partial charge in [-0.25, -0.2) is 0 Å². The van der Waals surface area contributed by atoms with Crippen molar-refractivity contribution in [3.05, 3.63) is 35.9 Å². The van der Waals surface area contributed by atoms with Crippen molar-refractivity contribution in [1.29, 1.82) is 0 Å². The van der Waals surface area contributed by atoms with Gasteiger partial charge in [-0.15, -0.1) is 0 Å². The molecule has 0 bridgehead atoms. The van der Waals surface area contributed by atoms with Gasteiger partial charge in [-0.2, -0.15) is 0 Å². The highest BCUT2D eigenvalue weighted by Crippen LogP contribution is 2.37. The molecule has 1 N–H and O–H groups in total. The van der Waals surface area contributed by atoms with E-state index in [1.165, 1.54) is 16.8 Å². The molecule has 0 aliphatic carbocycles. The minimum Gasteiger partial charge on any atom is -0.389 e. The number of benzene rings is 2. The second-order valence-electron chi connectivity index (χ2n) is 5.34. The quantitative estimate of drug-likeness (QED) is 0.916. The first-order valence-corrected chi connectivity index (χ1v) is 6.51. The summed E-state index contributed by atoms with van der Waals surface area (Å²) in [6, 6.07) is 10.3. The second kappa shape index (κ2) is 5.10. The number of fused-ring (bicyclic) bond motifs is 1. The van der Waals surface area contributed by atoms with E-state index in [4.69, 9.17) is 0 Å². The van der Waals surface area contributed by atoms with E-state index in [-0.39, 0.29) is 0 Å². The fourth-order valence-electron chi connectivity index (χ4n) is 2.50. The Kier molecular flexibility index (Phi) is 3.67. The van der Waals surface area contributed by atoms with Gasteiger partial charge in [0.15, 0.2) is 0 Å². The van der Waals surface area contributed by atoms with E-state index in [1.54, 1.807) is 0 Å². The average molecular weight is 258 g/mol. The Labute approximate surface area is 115 Å². The van der Waals surface area contributed by atoms with E-state index in [1.807, 2.05) is 47.2 Å². The Morgan fingerprint density at radius 2 is 1.47 bits per heavy atom. The third kappa shape index (κ3) is 2.38. The molecule has 0 amide bonds.